The van der Waals surface area contributed by atoms with Crippen LogP contribution in [0.15, 0.2) is 71.1 Å². The fourth-order valence-electron chi connectivity index (χ4n) is 2.30. The molecule has 1 aromatic heterocycles. The maximum atomic E-state index is 12.8. The fourth-order valence-corrected chi connectivity index (χ4v) is 2.30. The van der Waals surface area contributed by atoms with Crippen LogP contribution in [0.4, 0.5) is 19.0 Å². The minimum atomic E-state index is -4.53. The number of aliphatic imine (C=N–C) groups is 2. The number of nitrogens with zero attached hydrogens (tertiary/aromatic N) is 3. The molecule has 0 aliphatic rings. The molecule has 0 atom stereocenters. The second-order valence-electron chi connectivity index (χ2n) is 6.10. The van der Waals surface area contributed by atoms with E-state index in [-0.39, 0.29) is 11.4 Å². The van der Waals surface area contributed by atoms with Gasteiger partial charge in [0.1, 0.15) is 11.5 Å². The molecule has 2 aromatic rings. The Bertz CT molecular complexity index is 1120. The zero-order chi connectivity index (χ0) is 22.9. The Balaban J connectivity index is 2.29. The molecular formula is C23H19F3N4O. The van der Waals surface area contributed by atoms with Gasteiger partial charge >= 0.3 is 6.18 Å². The summed E-state index contributed by atoms with van der Waals surface area (Å²) in [6, 6.07) is 6.40. The predicted octanol–water partition coefficient (Wildman–Crippen LogP) is 5.20. The molecule has 0 bridgehead atoms. The van der Waals surface area contributed by atoms with E-state index in [1.807, 2.05) is 6.92 Å². The van der Waals surface area contributed by atoms with E-state index in [1.54, 1.807) is 31.3 Å². The maximum Gasteiger partial charge on any atom is 0.416 e. The van der Waals surface area contributed by atoms with Crippen molar-refractivity contribution in [2.75, 3.05) is 5.32 Å². The lowest BCUT2D eigenvalue weighted by Gasteiger charge is -2.09. The van der Waals surface area contributed by atoms with Crippen molar-refractivity contribution in [3.8, 4) is 11.8 Å². The van der Waals surface area contributed by atoms with E-state index >= 15 is 0 Å². The van der Waals surface area contributed by atoms with Crippen LogP contribution in [0.5, 0.6) is 0 Å². The molecule has 0 spiro atoms. The number of rotatable bonds is 5. The fraction of sp³-hybridized carbons (Fsp3) is 0.130. The number of pyridine rings is 1. The molecule has 0 aliphatic carbocycles. The quantitative estimate of drug-likeness (QED) is 0.530. The van der Waals surface area contributed by atoms with Crippen LogP contribution in [0.2, 0.25) is 0 Å². The highest BCUT2D eigenvalue weighted by Crippen LogP contribution is 2.30. The third-order valence-electron chi connectivity index (χ3n) is 3.81. The van der Waals surface area contributed by atoms with E-state index in [4.69, 9.17) is 0 Å². The molecule has 0 aliphatic heterocycles. The van der Waals surface area contributed by atoms with E-state index in [0.717, 1.165) is 23.9 Å². The number of allylic oxidation sites excluding steroid dienone is 2. The smallest absolute Gasteiger partial charge is 0.307 e. The van der Waals surface area contributed by atoms with Crippen LogP contribution in [0.25, 0.3) is 0 Å². The third-order valence-corrected chi connectivity index (χ3v) is 3.81. The molecule has 158 valence electrons. The molecule has 1 aromatic carbocycles. The number of benzene rings is 1. The monoisotopic (exact) mass is 424 g/mol. The van der Waals surface area contributed by atoms with E-state index in [1.165, 1.54) is 18.5 Å². The number of aryl methyl sites for hydroxylation is 1. The van der Waals surface area contributed by atoms with Crippen molar-refractivity contribution in [2.45, 2.75) is 20.0 Å². The summed E-state index contributed by atoms with van der Waals surface area (Å²) >= 11 is 0. The Kier molecular flexibility index (Phi) is 8.03. The summed E-state index contributed by atoms with van der Waals surface area (Å²) in [5.41, 5.74) is 1.11. The lowest BCUT2D eigenvalue weighted by Crippen LogP contribution is -2.14. The molecule has 2 rings (SSSR count). The summed E-state index contributed by atoms with van der Waals surface area (Å²) in [5, 5.41) is 2.38. The standard InChI is InChI=1S/C23H19F3N4O/c1-4-11-27-15-20(28-5-2)9-8-17-13-18(7-6-16(17)3)22(31)30-21-14-19(10-12-29-21)23(24,25)26/h4-7,10-15H,1H2,2-3H3,(H,29,30,31)/b20-15-,27-11?,28-5?. The van der Waals surface area contributed by atoms with E-state index in [0.29, 0.717) is 11.3 Å². The molecule has 8 heteroatoms. The molecule has 1 heterocycles. The SMILES string of the molecule is C=CC=N/C=C(/C#Cc1cc(C(=O)Nc2cc(C(F)(F)F)ccn2)ccc1C)N=CC. The van der Waals surface area contributed by atoms with Gasteiger partial charge in [0, 0.05) is 29.8 Å². The minimum absolute atomic E-state index is 0.199. The summed E-state index contributed by atoms with van der Waals surface area (Å²) in [4.78, 5) is 24.4. The molecule has 0 saturated carbocycles. The Morgan fingerprint density at radius 3 is 2.71 bits per heavy atom. The van der Waals surface area contributed by atoms with Gasteiger partial charge < -0.3 is 5.32 Å². The number of carbonyl (C=O) groups excluding carboxylic acids is 1. The summed E-state index contributed by atoms with van der Waals surface area (Å²) in [5.74, 6) is 5.01. The summed E-state index contributed by atoms with van der Waals surface area (Å²) < 4.78 is 38.5. The van der Waals surface area contributed by atoms with Gasteiger partial charge in [-0.2, -0.15) is 13.2 Å². The Morgan fingerprint density at radius 1 is 1.26 bits per heavy atom. The van der Waals surface area contributed by atoms with Crippen LogP contribution in [0.1, 0.15) is 34.0 Å². The van der Waals surface area contributed by atoms with Gasteiger partial charge in [0.15, 0.2) is 0 Å². The number of nitrogens with one attached hydrogen (secondary N) is 1. The van der Waals surface area contributed by atoms with Gasteiger partial charge in [-0.25, -0.2) is 4.98 Å². The number of hydrogen-bond acceptors (Lipinski definition) is 4. The van der Waals surface area contributed by atoms with Crippen LogP contribution >= 0.6 is 0 Å². The predicted molar refractivity (Wildman–Crippen MR) is 116 cm³/mol. The summed E-state index contributed by atoms with van der Waals surface area (Å²) in [6.45, 7) is 7.09. The second-order valence-corrected chi connectivity index (χ2v) is 6.10. The number of amides is 1. The molecule has 5 nitrogen and oxygen atoms in total. The lowest BCUT2D eigenvalue weighted by atomic mass is 10.0. The largest absolute Gasteiger partial charge is 0.416 e. The van der Waals surface area contributed by atoms with Gasteiger partial charge in [0.25, 0.3) is 5.91 Å². The van der Waals surface area contributed by atoms with Crippen LogP contribution < -0.4 is 5.32 Å². The zero-order valence-corrected chi connectivity index (χ0v) is 16.9. The van der Waals surface area contributed by atoms with Gasteiger partial charge in [-0.15, -0.1) is 0 Å². The van der Waals surface area contributed by atoms with Crippen molar-refractivity contribution in [2.24, 2.45) is 9.98 Å². The van der Waals surface area contributed by atoms with Gasteiger partial charge in [0.05, 0.1) is 11.8 Å². The number of carbonyl (C=O) groups is 1. The second kappa shape index (κ2) is 10.7. The topological polar surface area (TPSA) is 66.7 Å². The van der Waals surface area contributed by atoms with Crippen molar-refractivity contribution in [3.63, 3.8) is 0 Å². The highest BCUT2D eigenvalue weighted by atomic mass is 19.4. The molecule has 0 saturated heterocycles. The number of anilines is 1. The zero-order valence-electron chi connectivity index (χ0n) is 16.9. The number of aromatic nitrogens is 1. The minimum Gasteiger partial charge on any atom is -0.307 e. The van der Waals surface area contributed by atoms with Crippen LogP contribution in [-0.2, 0) is 6.18 Å². The highest BCUT2D eigenvalue weighted by molar-refractivity contribution is 6.04. The van der Waals surface area contributed by atoms with E-state index in [2.05, 4.69) is 38.7 Å². The first-order valence-electron chi connectivity index (χ1n) is 9.05. The van der Waals surface area contributed by atoms with E-state index < -0.39 is 17.6 Å². The first-order chi connectivity index (χ1) is 14.7. The molecule has 1 amide bonds. The van der Waals surface area contributed by atoms with Crippen molar-refractivity contribution >= 4 is 24.2 Å². The lowest BCUT2D eigenvalue weighted by molar-refractivity contribution is -0.137. The molecule has 0 unspecified atom stereocenters. The third kappa shape index (κ3) is 7.08. The average molecular weight is 424 g/mol. The number of hydrogen-bond donors (Lipinski definition) is 1. The van der Waals surface area contributed by atoms with Crippen LogP contribution in [0, 0.1) is 18.8 Å². The van der Waals surface area contributed by atoms with Crippen molar-refractivity contribution < 1.29 is 18.0 Å². The van der Waals surface area contributed by atoms with E-state index in [9.17, 15) is 18.0 Å². The summed E-state index contributed by atoms with van der Waals surface area (Å²) in [7, 11) is 0. The normalized spacial score (nSPS) is 12.0. The van der Waals surface area contributed by atoms with Gasteiger partial charge in [0.2, 0.25) is 0 Å². The molecule has 1 N–H and O–H groups in total. The number of alkyl halides is 3. The molecule has 0 fully saturated rings. The maximum absolute atomic E-state index is 12.8. The van der Waals surface area contributed by atoms with Crippen LogP contribution in [0.3, 0.4) is 0 Å². The Morgan fingerprint density at radius 2 is 2.03 bits per heavy atom. The van der Waals surface area contributed by atoms with Gasteiger partial charge in [-0.3, -0.25) is 14.8 Å². The van der Waals surface area contributed by atoms with Gasteiger partial charge in [-0.05, 0) is 49.6 Å². The van der Waals surface area contributed by atoms with Crippen LogP contribution in [-0.4, -0.2) is 23.3 Å². The Hall–Kier alpha value is -3.99. The Labute approximate surface area is 178 Å². The van der Waals surface area contributed by atoms with Crippen molar-refractivity contribution in [1.82, 2.24) is 4.98 Å². The van der Waals surface area contributed by atoms with Crippen molar-refractivity contribution in [3.05, 3.63) is 83.3 Å². The molecular weight excluding hydrogens is 405 g/mol. The highest BCUT2D eigenvalue weighted by Gasteiger charge is 2.30. The summed E-state index contributed by atoms with van der Waals surface area (Å²) in [6.07, 6.45) is 2.51. The first kappa shape index (κ1) is 23.3. The van der Waals surface area contributed by atoms with Crippen molar-refractivity contribution in [1.29, 1.82) is 0 Å². The first-order valence-corrected chi connectivity index (χ1v) is 9.05. The van der Waals surface area contributed by atoms with Gasteiger partial charge in [-0.1, -0.05) is 24.6 Å². The average Bonchev–Trinajstić information content (AvgIpc) is 2.72. The number of halogens is 3. The molecule has 0 radical (unpaired) electrons. The molecule has 31 heavy (non-hydrogen) atoms.